The van der Waals surface area contributed by atoms with Crippen molar-refractivity contribution in [3.05, 3.63) is 63.4 Å². The Bertz CT molecular complexity index is 656. The Kier molecular flexibility index (Phi) is 4.64. The van der Waals surface area contributed by atoms with Crippen molar-refractivity contribution in [2.24, 2.45) is 0 Å². The maximum atomic E-state index is 13.5. The second-order valence-corrected chi connectivity index (χ2v) is 5.11. The van der Waals surface area contributed by atoms with Crippen LogP contribution in [0.1, 0.15) is 11.1 Å². The van der Waals surface area contributed by atoms with Gasteiger partial charge in [-0.25, -0.2) is 4.39 Å². The molecular weight excluding hydrogens is 329 g/mol. The largest absolute Gasteiger partial charge is 0.416 e. The summed E-state index contributed by atoms with van der Waals surface area (Å²) in [6.45, 7) is 0.120. The molecule has 112 valence electrons. The van der Waals surface area contributed by atoms with E-state index in [1.165, 1.54) is 0 Å². The number of benzene rings is 2. The number of hydrogen-bond acceptors (Lipinski definition) is 1. The first-order chi connectivity index (χ1) is 9.77. The van der Waals surface area contributed by atoms with Crippen molar-refractivity contribution in [1.29, 1.82) is 0 Å². The predicted molar refractivity (Wildman–Crippen MR) is 75.2 cm³/mol. The molecule has 7 heteroatoms. The molecule has 0 saturated heterocycles. The first-order valence-electron chi connectivity index (χ1n) is 5.82. The molecule has 0 bridgehead atoms. The third kappa shape index (κ3) is 4.02. The molecule has 0 aromatic heterocycles. The van der Waals surface area contributed by atoms with E-state index in [9.17, 15) is 17.6 Å². The van der Waals surface area contributed by atoms with Crippen LogP contribution in [-0.4, -0.2) is 0 Å². The fourth-order valence-corrected chi connectivity index (χ4v) is 2.00. The molecule has 0 aliphatic rings. The smallest absolute Gasteiger partial charge is 0.379 e. The first-order valence-corrected chi connectivity index (χ1v) is 6.57. The predicted octanol–water partition coefficient (Wildman–Crippen LogP) is 5.76. The fourth-order valence-electron chi connectivity index (χ4n) is 1.68. The standard InChI is InChI=1S/C14H9Cl2F4N/c15-10-3-1-8(5-11(10)16)7-21-13-6-9(14(18,19)20)2-4-12(13)17/h1-6,21H,7H2. The maximum absolute atomic E-state index is 13.5. The molecule has 2 rings (SSSR count). The molecule has 1 nitrogen and oxygen atoms in total. The van der Waals surface area contributed by atoms with Gasteiger partial charge in [0.05, 0.1) is 21.3 Å². The van der Waals surface area contributed by atoms with Crippen LogP contribution < -0.4 is 5.32 Å². The van der Waals surface area contributed by atoms with Crippen LogP contribution in [0.5, 0.6) is 0 Å². The topological polar surface area (TPSA) is 12.0 Å². The van der Waals surface area contributed by atoms with Crippen LogP contribution in [0.3, 0.4) is 0 Å². The molecule has 0 fully saturated rings. The highest BCUT2D eigenvalue weighted by Gasteiger charge is 2.31. The minimum atomic E-state index is -4.52. The van der Waals surface area contributed by atoms with Crippen molar-refractivity contribution in [3.8, 4) is 0 Å². The molecule has 2 aromatic carbocycles. The molecule has 0 unspecified atom stereocenters. The van der Waals surface area contributed by atoms with Gasteiger partial charge < -0.3 is 5.32 Å². The molecule has 0 atom stereocenters. The van der Waals surface area contributed by atoms with E-state index in [2.05, 4.69) is 5.32 Å². The van der Waals surface area contributed by atoms with Gasteiger partial charge >= 0.3 is 6.18 Å². The number of anilines is 1. The van der Waals surface area contributed by atoms with Gasteiger partial charge in [-0.2, -0.15) is 13.2 Å². The van der Waals surface area contributed by atoms with Gasteiger partial charge in [0.1, 0.15) is 5.82 Å². The van der Waals surface area contributed by atoms with Gasteiger partial charge in [-0.15, -0.1) is 0 Å². The molecule has 1 N–H and O–H groups in total. The summed E-state index contributed by atoms with van der Waals surface area (Å²) in [5.41, 5.74) is -0.474. The van der Waals surface area contributed by atoms with Crippen LogP contribution in [0.15, 0.2) is 36.4 Å². The highest BCUT2D eigenvalue weighted by atomic mass is 35.5. The van der Waals surface area contributed by atoms with E-state index in [0.29, 0.717) is 21.7 Å². The summed E-state index contributed by atoms with van der Waals surface area (Å²) in [5, 5.41) is 3.30. The highest BCUT2D eigenvalue weighted by Crippen LogP contribution is 2.32. The van der Waals surface area contributed by atoms with Crippen LogP contribution in [-0.2, 0) is 12.7 Å². The van der Waals surface area contributed by atoms with Crippen molar-refractivity contribution in [2.75, 3.05) is 5.32 Å². The Labute approximate surface area is 128 Å². The number of rotatable bonds is 3. The Morgan fingerprint density at radius 2 is 1.67 bits per heavy atom. The van der Waals surface area contributed by atoms with E-state index in [1.807, 2.05) is 0 Å². The summed E-state index contributed by atoms with van der Waals surface area (Å²) in [5.74, 6) is -0.761. The molecule has 0 aliphatic carbocycles. The number of alkyl halides is 3. The molecule has 2 aromatic rings. The number of nitrogens with one attached hydrogen (secondary N) is 1. The van der Waals surface area contributed by atoms with Crippen LogP contribution >= 0.6 is 23.2 Å². The van der Waals surface area contributed by atoms with E-state index >= 15 is 0 Å². The van der Waals surface area contributed by atoms with Gasteiger partial charge in [0.2, 0.25) is 0 Å². The van der Waals surface area contributed by atoms with Crippen LogP contribution in [0, 0.1) is 5.82 Å². The fraction of sp³-hybridized carbons (Fsp3) is 0.143. The SMILES string of the molecule is Fc1ccc(C(F)(F)F)cc1NCc1ccc(Cl)c(Cl)c1. The van der Waals surface area contributed by atoms with Gasteiger partial charge in [0.15, 0.2) is 0 Å². The molecule has 0 saturated carbocycles. The van der Waals surface area contributed by atoms with Crippen LogP contribution in [0.4, 0.5) is 23.2 Å². The zero-order valence-corrected chi connectivity index (χ0v) is 12.0. The third-order valence-electron chi connectivity index (χ3n) is 2.76. The van der Waals surface area contributed by atoms with E-state index in [0.717, 1.165) is 12.1 Å². The van der Waals surface area contributed by atoms with Gasteiger partial charge in [0.25, 0.3) is 0 Å². The Morgan fingerprint density at radius 3 is 2.29 bits per heavy atom. The van der Waals surface area contributed by atoms with Crippen molar-refractivity contribution in [2.45, 2.75) is 12.7 Å². The Balaban J connectivity index is 2.17. The lowest BCUT2D eigenvalue weighted by atomic mass is 10.1. The van der Waals surface area contributed by atoms with Crippen molar-refractivity contribution in [3.63, 3.8) is 0 Å². The zero-order valence-electron chi connectivity index (χ0n) is 10.4. The maximum Gasteiger partial charge on any atom is 0.416 e. The third-order valence-corrected chi connectivity index (χ3v) is 3.50. The summed E-state index contributed by atoms with van der Waals surface area (Å²) < 4.78 is 51.3. The van der Waals surface area contributed by atoms with E-state index < -0.39 is 17.6 Å². The molecule has 0 heterocycles. The second kappa shape index (κ2) is 6.12. The summed E-state index contributed by atoms with van der Waals surface area (Å²) in [6.07, 6.45) is -4.52. The summed E-state index contributed by atoms with van der Waals surface area (Å²) in [4.78, 5) is 0. The van der Waals surface area contributed by atoms with Gasteiger partial charge in [-0.05, 0) is 35.9 Å². The van der Waals surface area contributed by atoms with Gasteiger partial charge in [-0.3, -0.25) is 0 Å². The van der Waals surface area contributed by atoms with Crippen molar-refractivity contribution >= 4 is 28.9 Å². The molecule has 0 radical (unpaired) electrons. The Hall–Kier alpha value is -1.46. The highest BCUT2D eigenvalue weighted by molar-refractivity contribution is 6.42. The lowest BCUT2D eigenvalue weighted by molar-refractivity contribution is -0.137. The van der Waals surface area contributed by atoms with Gasteiger partial charge in [-0.1, -0.05) is 29.3 Å². The number of halogens is 6. The molecule has 0 aliphatic heterocycles. The lowest BCUT2D eigenvalue weighted by Crippen LogP contribution is -2.08. The zero-order chi connectivity index (χ0) is 15.6. The minimum Gasteiger partial charge on any atom is -0.379 e. The van der Waals surface area contributed by atoms with Crippen LogP contribution in [0.25, 0.3) is 0 Å². The first kappa shape index (κ1) is 15.9. The molecule has 21 heavy (non-hydrogen) atoms. The summed E-state index contributed by atoms with van der Waals surface area (Å²) in [7, 11) is 0. The van der Waals surface area contributed by atoms with Crippen LogP contribution in [0.2, 0.25) is 10.0 Å². The molecule has 0 amide bonds. The minimum absolute atomic E-state index is 0.120. The van der Waals surface area contributed by atoms with Crippen molar-refractivity contribution < 1.29 is 17.6 Å². The summed E-state index contributed by atoms with van der Waals surface area (Å²) >= 11 is 11.6. The van der Waals surface area contributed by atoms with E-state index in [1.54, 1.807) is 18.2 Å². The average molecular weight is 338 g/mol. The Morgan fingerprint density at radius 1 is 0.952 bits per heavy atom. The van der Waals surface area contributed by atoms with E-state index in [4.69, 9.17) is 23.2 Å². The molecule has 0 spiro atoms. The van der Waals surface area contributed by atoms with Gasteiger partial charge in [0, 0.05) is 6.54 Å². The normalized spacial score (nSPS) is 11.5. The lowest BCUT2D eigenvalue weighted by Gasteiger charge is -2.12. The average Bonchev–Trinajstić information content (AvgIpc) is 2.40. The monoisotopic (exact) mass is 337 g/mol. The van der Waals surface area contributed by atoms with E-state index in [-0.39, 0.29) is 12.2 Å². The summed E-state index contributed by atoms with van der Waals surface area (Å²) in [6, 6.07) is 6.96. The second-order valence-electron chi connectivity index (χ2n) is 4.29. The van der Waals surface area contributed by atoms with Crippen molar-refractivity contribution in [1.82, 2.24) is 0 Å². The molecular formula is C14H9Cl2F4N. The number of hydrogen-bond donors (Lipinski definition) is 1. The quantitative estimate of drug-likeness (QED) is 0.701.